The predicted octanol–water partition coefficient (Wildman–Crippen LogP) is 3.15. The lowest BCUT2D eigenvalue weighted by Crippen LogP contribution is -2.40. The first-order valence-corrected chi connectivity index (χ1v) is 10.7. The molecule has 4 rings (SSSR count). The number of methoxy groups -OCH3 is 1. The van der Waals surface area contributed by atoms with E-state index in [0.29, 0.717) is 24.1 Å². The van der Waals surface area contributed by atoms with Crippen LogP contribution in [-0.2, 0) is 5.60 Å². The third-order valence-corrected chi connectivity index (χ3v) is 5.24. The maximum atomic E-state index is 13.5. The second kappa shape index (κ2) is 9.87. The molecule has 0 aliphatic carbocycles. The van der Waals surface area contributed by atoms with Crippen molar-refractivity contribution in [2.45, 2.75) is 51.4 Å². The summed E-state index contributed by atoms with van der Waals surface area (Å²) in [4.78, 5) is 12.9. The van der Waals surface area contributed by atoms with Crippen LogP contribution in [0.3, 0.4) is 0 Å². The molecule has 3 aromatic heterocycles. The standard InChI is InChI=1S/C19H22F3N7O2.C2H6/c1-18(30,19(20,21)22)17-14(31-2)6-16-25-9-13(29(16)28-17)12-8-24-10-15(27-12)26-11-4-3-5-23-7-11;1-2/h6,8-11,23,30H,3-5,7H2,1-2H3,(H,26,27);1-2H3. The van der Waals surface area contributed by atoms with Crippen LogP contribution in [0.2, 0.25) is 0 Å². The molecule has 1 aliphatic heterocycles. The Labute approximate surface area is 189 Å². The second-order valence-electron chi connectivity index (χ2n) is 7.52. The molecule has 0 amide bonds. The number of nitrogens with one attached hydrogen (secondary N) is 2. The smallest absolute Gasteiger partial charge is 0.422 e. The highest BCUT2D eigenvalue weighted by atomic mass is 19.4. The first kappa shape index (κ1) is 24.6. The Kier molecular flexibility index (Phi) is 7.38. The molecule has 2 unspecified atom stereocenters. The number of nitrogens with zero attached hydrogens (tertiary/aromatic N) is 5. The van der Waals surface area contributed by atoms with Crippen molar-refractivity contribution in [3.8, 4) is 17.1 Å². The molecule has 0 aromatic carbocycles. The minimum absolute atomic E-state index is 0.205. The van der Waals surface area contributed by atoms with E-state index in [9.17, 15) is 18.3 Å². The number of hydrogen-bond donors (Lipinski definition) is 3. The zero-order valence-electron chi connectivity index (χ0n) is 18.9. The van der Waals surface area contributed by atoms with Crippen LogP contribution >= 0.6 is 0 Å². The normalized spacial score (nSPS) is 18.2. The number of alkyl halides is 3. The Morgan fingerprint density at radius 2 is 2.00 bits per heavy atom. The van der Waals surface area contributed by atoms with Gasteiger partial charge in [0.05, 0.1) is 25.7 Å². The first-order chi connectivity index (χ1) is 15.7. The highest BCUT2D eigenvalue weighted by Gasteiger charge is 2.54. The zero-order chi connectivity index (χ0) is 24.2. The summed E-state index contributed by atoms with van der Waals surface area (Å²) in [6, 6.07) is 1.49. The fourth-order valence-corrected chi connectivity index (χ4v) is 3.44. The number of piperidine rings is 1. The SMILES string of the molecule is CC.COc1cc2ncc(-c3cncc(NC4CCCNC4)n3)n2nc1C(C)(O)C(F)(F)F. The van der Waals surface area contributed by atoms with Crippen molar-refractivity contribution in [1.82, 2.24) is 29.9 Å². The van der Waals surface area contributed by atoms with E-state index in [4.69, 9.17) is 4.74 Å². The molecule has 0 bridgehead atoms. The minimum atomic E-state index is -4.96. The number of anilines is 1. The van der Waals surface area contributed by atoms with Crippen LogP contribution in [0.25, 0.3) is 17.0 Å². The molecular formula is C21H28F3N7O2. The Bertz CT molecular complexity index is 1080. The lowest BCUT2D eigenvalue weighted by Gasteiger charge is -2.26. The second-order valence-corrected chi connectivity index (χ2v) is 7.52. The van der Waals surface area contributed by atoms with Crippen molar-refractivity contribution < 1.29 is 23.0 Å². The molecule has 1 fully saturated rings. The summed E-state index contributed by atoms with van der Waals surface area (Å²) in [5.74, 6) is 0.315. The molecular weight excluding hydrogens is 439 g/mol. The van der Waals surface area contributed by atoms with Crippen LogP contribution in [0.1, 0.15) is 39.3 Å². The number of aliphatic hydroxyl groups is 1. The minimum Gasteiger partial charge on any atom is -0.495 e. The Morgan fingerprint density at radius 3 is 2.64 bits per heavy atom. The molecule has 3 aromatic rings. The lowest BCUT2D eigenvalue weighted by atomic mass is 10.0. The van der Waals surface area contributed by atoms with Crippen molar-refractivity contribution in [3.05, 3.63) is 30.4 Å². The summed E-state index contributed by atoms with van der Waals surface area (Å²) in [7, 11) is 1.20. The van der Waals surface area contributed by atoms with Gasteiger partial charge >= 0.3 is 6.18 Å². The molecule has 3 N–H and O–H groups in total. The number of aromatic nitrogens is 5. The topological polar surface area (TPSA) is 109 Å². The van der Waals surface area contributed by atoms with E-state index in [-0.39, 0.29) is 17.4 Å². The highest BCUT2D eigenvalue weighted by Crippen LogP contribution is 2.41. The molecule has 0 saturated carbocycles. The Hall–Kier alpha value is -2.99. The summed E-state index contributed by atoms with van der Waals surface area (Å²) >= 11 is 0. The van der Waals surface area contributed by atoms with Gasteiger partial charge in [-0.15, -0.1) is 0 Å². The number of hydrogen-bond acceptors (Lipinski definition) is 8. The fraction of sp³-hybridized carbons (Fsp3) is 0.524. The van der Waals surface area contributed by atoms with Crippen molar-refractivity contribution in [2.24, 2.45) is 0 Å². The first-order valence-electron chi connectivity index (χ1n) is 10.7. The average Bonchev–Trinajstić information content (AvgIpc) is 3.22. The van der Waals surface area contributed by atoms with Crippen molar-refractivity contribution in [3.63, 3.8) is 0 Å². The third-order valence-electron chi connectivity index (χ3n) is 5.24. The summed E-state index contributed by atoms with van der Waals surface area (Å²) in [5.41, 5.74) is -2.96. The van der Waals surface area contributed by atoms with Gasteiger partial charge in [0, 0.05) is 18.7 Å². The Balaban J connectivity index is 0.00000149. The van der Waals surface area contributed by atoms with Crippen LogP contribution < -0.4 is 15.4 Å². The Morgan fingerprint density at radius 1 is 1.24 bits per heavy atom. The molecule has 33 heavy (non-hydrogen) atoms. The van der Waals surface area contributed by atoms with Crippen molar-refractivity contribution in [1.29, 1.82) is 0 Å². The average molecular weight is 467 g/mol. The largest absolute Gasteiger partial charge is 0.495 e. The van der Waals surface area contributed by atoms with Gasteiger partial charge in [0.1, 0.15) is 28.6 Å². The van der Waals surface area contributed by atoms with E-state index in [1.54, 1.807) is 6.20 Å². The van der Waals surface area contributed by atoms with E-state index in [1.807, 2.05) is 13.8 Å². The fourth-order valence-electron chi connectivity index (χ4n) is 3.44. The molecule has 12 heteroatoms. The molecule has 9 nitrogen and oxygen atoms in total. The number of fused-ring (bicyclic) bond motifs is 1. The van der Waals surface area contributed by atoms with Gasteiger partial charge in [-0.2, -0.15) is 18.3 Å². The van der Waals surface area contributed by atoms with Gasteiger partial charge in [-0.05, 0) is 26.3 Å². The molecule has 180 valence electrons. The van der Waals surface area contributed by atoms with E-state index < -0.39 is 17.5 Å². The van der Waals surface area contributed by atoms with Gasteiger partial charge in [-0.1, -0.05) is 13.8 Å². The maximum Gasteiger partial charge on any atom is 0.422 e. The van der Waals surface area contributed by atoms with Crippen LogP contribution in [0.5, 0.6) is 5.75 Å². The van der Waals surface area contributed by atoms with Gasteiger partial charge in [0.15, 0.2) is 5.65 Å². The van der Waals surface area contributed by atoms with Gasteiger partial charge in [-0.3, -0.25) is 4.98 Å². The molecule has 1 saturated heterocycles. The summed E-state index contributed by atoms with van der Waals surface area (Å²) in [5, 5.41) is 20.8. The van der Waals surface area contributed by atoms with E-state index in [2.05, 4.69) is 30.7 Å². The van der Waals surface area contributed by atoms with E-state index >= 15 is 0 Å². The van der Waals surface area contributed by atoms with Crippen LogP contribution in [0, 0.1) is 0 Å². The number of imidazole rings is 1. The van der Waals surface area contributed by atoms with E-state index in [1.165, 1.54) is 30.1 Å². The lowest BCUT2D eigenvalue weighted by molar-refractivity contribution is -0.261. The van der Waals surface area contributed by atoms with Crippen LogP contribution in [-0.4, -0.2) is 62.1 Å². The number of halogens is 3. The summed E-state index contributed by atoms with van der Waals surface area (Å²) in [6.07, 6.45) is 1.57. The monoisotopic (exact) mass is 467 g/mol. The summed E-state index contributed by atoms with van der Waals surface area (Å²) < 4.78 is 46.6. The molecule has 1 aliphatic rings. The van der Waals surface area contributed by atoms with Gasteiger partial charge in [0.25, 0.3) is 0 Å². The predicted molar refractivity (Wildman–Crippen MR) is 117 cm³/mol. The van der Waals surface area contributed by atoms with Crippen LogP contribution in [0.15, 0.2) is 24.7 Å². The number of ether oxygens (including phenoxy) is 1. The van der Waals surface area contributed by atoms with Crippen molar-refractivity contribution >= 4 is 11.5 Å². The quantitative estimate of drug-likeness (QED) is 0.525. The van der Waals surface area contributed by atoms with Crippen LogP contribution in [0.4, 0.5) is 19.0 Å². The molecule has 0 spiro atoms. The molecule has 4 heterocycles. The zero-order valence-corrected chi connectivity index (χ0v) is 18.9. The molecule has 0 radical (unpaired) electrons. The van der Waals surface area contributed by atoms with E-state index in [0.717, 1.165) is 25.9 Å². The van der Waals surface area contributed by atoms with Gasteiger partial charge in [0.2, 0.25) is 5.60 Å². The summed E-state index contributed by atoms with van der Waals surface area (Å²) in [6.45, 7) is 6.41. The highest BCUT2D eigenvalue weighted by molar-refractivity contribution is 5.61. The maximum absolute atomic E-state index is 13.5. The van der Waals surface area contributed by atoms with Gasteiger partial charge in [-0.25, -0.2) is 14.5 Å². The van der Waals surface area contributed by atoms with Crippen molar-refractivity contribution in [2.75, 3.05) is 25.5 Å². The number of rotatable bonds is 5. The van der Waals surface area contributed by atoms with Gasteiger partial charge < -0.3 is 20.5 Å². The third kappa shape index (κ3) is 5.01. The molecule has 2 atom stereocenters.